The van der Waals surface area contributed by atoms with Crippen molar-refractivity contribution in [1.82, 2.24) is 0 Å². The van der Waals surface area contributed by atoms with Crippen LogP contribution in [0.3, 0.4) is 0 Å². The molecule has 1 amide bonds. The number of aromatic hydroxyl groups is 2. The number of aryl methyl sites for hydroxylation is 1. The van der Waals surface area contributed by atoms with Gasteiger partial charge in [-0.15, -0.1) is 0 Å². The Balaban J connectivity index is 2.02. The lowest BCUT2D eigenvalue weighted by molar-refractivity contribution is 0.0982. The predicted molar refractivity (Wildman–Crippen MR) is 80.6 cm³/mol. The molecule has 21 heavy (non-hydrogen) atoms. The summed E-state index contributed by atoms with van der Waals surface area (Å²) in [5.74, 6) is -1.01. The molecule has 0 saturated carbocycles. The highest BCUT2D eigenvalue weighted by Crippen LogP contribution is 2.34. The van der Waals surface area contributed by atoms with Crippen molar-refractivity contribution in [3.63, 3.8) is 0 Å². The number of phenols is 2. The van der Waals surface area contributed by atoms with Crippen LogP contribution >= 0.6 is 0 Å². The molecule has 0 radical (unpaired) electrons. The molecule has 0 spiro atoms. The zero-order valence-electron chi connectivity index (χ0n) is 11.4. The van der Waals surface area contributed by atoms with Gasteiger partial charge in [0.25, 0.3) is 5.91 Å². The predicted octanol–water partition coefficient (Wildman–Crippen LogP) is 2.27. The standard InChI is InChI=1S/C16H16N2O3/c17-11-6-7-13-10(9-11)3-2-8-18(13)16(21)12-4-1-5-14(19)15(12)20/h1,4-7,9,19-20H,2-3,8,17H2. The molecule has 4 N–H and O–H groups in total. The highest BCUT2D eigenvalue weighted by atomic mass is 16.3. The molecule has 5 heteroatoms. The Bertz CT molecular complexity index is 713. The van der Waals surface area contributed by atoms with E-state index in [2.05, 4.69) is 0 Å². The fourth-order valence-electron chi connectivity index (χ4n) is 2.68. The summed E-state index contributed by atoms with van der Waals surface area (Å²) in [6.07, 6.45) is 1.71. The van der Waals surface area contributed by atoms with Gasteiger partial charge in [0, 0.05) is 17.9 Å². The zero-order valence-corrected chi connectivity index (χ0v) is 11.4. The Morgan fingerprint density at radius 1 is 1.19 bits per heavy atom. The number of benzene rings is 2. The molecule has 1 aliphatic heterocycles. The van der Waals surface area contributed by atoms with E-state index in [-0.39, 0.29) is 23.0 Å². The summed E-state index contributed by atoms with van der Waals surface area (Å²) in [7, 11) is 0. The van der Waals surface area contributed by atoms with Crippen molar-refractivity contribution < 1.29 is 15.0 Å². The fourth-order valence-corrected chi connectivity index (χ4v) is 2.68. The number of rotatable bonds is 1. The van der Waals surface area contributed by atoms with Gasteiger partial charge in [-0.2, -0.15) is 0 Å². The molecule has 0 fully saturated rings. The molecular formula is C16H16N2O3. The summed E-state index contributed by atoms with van der Waals surface area (Å²) < 4.78 is 0. The first kappa shape index (κ1) is 13.3. The lowest BCUT2D eigenvalue weighted by Crippen LogP contribution is -2.35. The number of carbonyl (C=O) groups excluding carboxylic acids is 1. The number of hydrogen-bond acceptors (Lipinski definition) is 4. The van der Waals surface area contributed by atoms with Crippen molar-refractivity contribution in [3.8, 4) is 11.5 Å². The second kappa shape index (κ2) is 5.01. The van der Waals surface area contributed by atoms with E-state index in [1.807, 2.05) is 12.1 Å². The number of para-hydroxylation sites is 1. The van der Waals surface area contributed by atoms with Crippen LogP contribution in [0.1, 0.15) is 22.3 Å². The number of hydrogen-bond donors (Lipinski definition) is 3. The van der Waals surface area contributed by atoms with E-state index in [9.17, 15) is 15.0 Å². The average Bonchev–Trinajstić information content (AvgIpc) is 2.48. The van der Waals surface area contributed by atoms with Crippen LogP contribution in [0.4, 0.5) is 11.4 Å². The summed E-state index contributed by atoms with van der Waals surface area (Å²) in [5, 5.41) is 19.4. The van der Waals surface area contributed by atoms with Gasteiger partial charge in [0.1, 0.15) is 0 Å². The molecule has 2 aromatic rings. The van der Waals surface area contributed by atoms with Crippen LogP contribution < -0.4 is 10.6 Å². The minimum Gasteiger partial charge on any atom is -0.504 e. The maximum Gasteiger partial charge on any atom is 0.262 e. The zero-order chi connectivity index (χ0) is 15.0. The van der Waals surface area contributed by atoms with Crippen molar-refractivity contribution in [2.75, 3.05) is 17.2 Å². The quantitative estimate of drug-likeness (QED) is 0.554. The Morgan fingerprint density at radius 3 is 2.81 bits per heavy atom. The molecule has 0 bridgehead atoms. The Morgan fingerprint density at radius 2 is 2.00 bits per heavy atom. The molecule has 0 aliphatic carbocycles. The minimum atomic E-state index is -0.384. The van der Waals surface area contributed by atoms with E-state index in [1.165, 1.54) is 18.2 Å². The van der Waals surface area contributed by atoms with Gasteiger partial charge in [-0.1, -0.05) is 6.07 Å². The number of fused-ring (bicyclic) bond motifs is 1. The van der Waals surface area contributed by atoms with Gasteiger partial charge in [0.05, 0.1) is 5.56 Å². The number of nitrogen functional groups attached to an aromatic ring is 1. The molecule has 1 heterocycles. The van der Waals surface area contributed by atoms with Gasteiger partial charge in [0.15, 0.2) is 11.5 Å². The van der Waals surface area contributed by atoms with E-state index in [0.717, 1.165) is 24.1 Å². The van der Waals surface area contributed by atoms with Crippen molar-refractivity contribution in [1.29, 1.82) is 0 Å². The highest BCUT2D eigenvalue weighted by molar-refractivity contribution is 6.08. The van der Waals surface area contributed by atoms with Crippen molar-refractivity contribution in [2.24, 2.45) is 0 Å². The normalized spacial score (nSPS) is 13.8. The number of anilines is 2. The first-order valence-corrected chi connectivity index (χ1v) is 6.79. The lowest BCUT2D eigenvalue weighted by atomic mass is 10.00. The third-order valence-corrected chi connectivity index (χ3v) is 3.71. The molecule has 0 atom stereocenters. The molecule has 3 rings (SSSR count). The van der Waals surface area contributed by atoms with Gasteiger partial charge >= 0.3 is 0 Å². The lowest BCUT2D eigenvalue weighted by Gasteiger charge is -2.30. The highest BCUT2D eigenvalue weighted by Gasteiger charge is 2.26. The Labute approximate surface area is 122 Å². The Kier molecular flexibility index (Phi) is 3.17. The van der Waals surface area contributed by atoms with Crippen LogP contribution in [-0.4, -0.2) is 22.7 Å². The molecule has 1 aliphatic rings. The molecule has 108 valence electrons. The summed E-state index contributed by atoms with van der Waals surface area (Å²) in [6.45, 7) is 0.574. The first-order valence-electron chi connectivity index (χ1n) is 6.79. The third-order valence-electron chi connectivity index (χ3n) is 3.71. The molecular weight excluding hydrogens is 268 g/mol. The Hall–Kier alpha value is -2.69. The second-order valence-electron chi connectivity index (χ2n) is 5.12. The van der Waals surface area contributed by atoms with Gasteiger partial charge < -0.3 is 20.8 Å². The monoisotopic (exact) mass is 284 g/mol. The average molecular weight is 284 g/mol. The van der Waals surface area contributed by atoms with E-state index in [1.54, 1.807) is 11.0 Å². The molecule has 0 saturated heterocycles. The first-order chi connectivity index (χ1) is 10.1. The van der Waals surface area contributed by atoms with E-state index >= 15 is 0 Å². The van der Waals surface area contributed by atoms with Crippen LogP contribution in [0.25, 0.3) is 0 Å². The van der Waals surface area contributed by atoms with Crippen LogP contribution in [-0.2, 0) is 6.42 Å². The van der Waals surface area contributed by atoms with Crippen molar-refractivity contribution in [2.45, 2.75) is 12.8 Å². The largest absolute Gasteiger partial charge is 0.504 e. The number of phenolic OH excluding ortho intramolecular Hbond substituents is 2. The van der Waals surface area contributed by atoms with Crippen LogP contribution in [0.5, 0.6) is 11.5 Å². The van der Waals surface area contributed by atoms with Crippen molar-refractivity contribution >= 4 is 17.3 Å². The second-order valence-corrected chi connectivity index (χ2v) is 5.12. The minimum absolute atomic E-state index is 0.0969. The molecule has 0 aromatic heterocycles. The van der Waals surface area contributed by atoms with E-state index < -0.39 is 0 Å². The summed E-state index contributed by atoms with van der Waals surface area (Å²) >= 11 is 0. The van der Waals surface area contributed by atoms with Crippen LogP contribution in [0.15, 0.2) is 36.4 Å². The molecule has 5 nitrogen and oxygen atoms in total. The van der Waals surface area contributed by atoms with Crippen LogP contribution in [0, 0.1) is 0 Å². The van der Waals surface area contributed by atoms with Gasteiger partial charge in [-0.25, -0.2) is 0 Å². The van der Waals surface area contributed by atoms with Gasteiger partial charge in [-0.05, 0) is 48.7 Å². The molecule has 0 unspecified atom stereocenters. The molecule has 2 aromatic carbocycles. The summed E-state index contributed by atoms with van der Waals surface area (Å²) in [6, 6.07) is 9.83. The summed E-state index contributed by atoms with van der Waals surface area (Å²) in [4.78, 5) is 14.3. The smallest absolute Gasteiger partial charge is 0.262 e. The van der Waals surface area contributed by atoms with Gasteiger partial charge in [0.2, 0.25) is 0 Å². The maximum absolute atomic E-state index is 12.6. The number of carbonyl (C=O) groups is 1. The summed E-state index contributed by atoms with van der Waals surface area (Å²) in [5.41, 5.74) is 8.38. The van der Waals surface area contributed by atoms with Gasteiger partial charge in [-0.3, -0.25) is 4.79 Å². The third kappa shape index (κ3) is 2.27. The SMILES string of the molecule is Nc1ccc2c(c1)CCCN2C(=O)c1cccc(O)c1O. The van der Waals surface area contributed by atoms with E-state index in [4.69, 9.17) is 5.73 Å². The van der Waals surface area contributed by atoms with Crippen LogP contribution in [0.2, 0.25) is 0 Å². The number of nitrogens with two attached hydrogens (primary N) is 1. The topological polar surface area (TPSA) is 86.8 Å². The van der Waals surface area contributed by atoms with Crippen molar-refractivity contribution in [3.05, 3.63) is 47.5 Å². The number of amides is 1. The number of nitrogens with zero attached hydrogens (tertiary/aromatic N) is 1. The maximum atomic E-state index is 12.6. The fraction of sp³-hybridized carbons (Fsp3) is 0.188. The van der Waals surface area contributed by atoms with E-state index in [0.29, 0.717) is 12.2 Å².